The molecule has 0 aliphatic carbocycles. The van der Waals surface area contributed by atoms with Gasteiger partial charge in [-0.3, -0.25) is 0 Å². The van der Waals surface area contributed by atoms with Crippen molar-refractivity contribution in [3.8, 4) is 0 Å². The standard InChI is InChI=1S/C14H31Si.BrH/c1-4-5-6-7-8-9-10-11-12-13-14-15(2)3;/h4-14H2,1-3H3;1H. The lowest BCUT2D eigenvalue weighted by Gasteiger charge is -2.03. The van der Waals surface area contributed by atoms with Gasteiger partial charge in [0.2, 0.25) is 0 Å². The molecule has 0 rings (SSSR count). The summed E-state index contributed by atoms with van der Waals surface area (Å²) in [7, 11) is 0.0582. The highest BCUT2D eigenvalue weighted by Gasteiger charge is 1.96. The normalized spacial score (nSPS) is 10.5. The molecule has 0 aromatic carbocycles. The molecule has 0 N–H and O–H groups in total. The van der Waals surface area contributed by atoms with Crippen molar-refractivity contribution in [3.63, 3.8) is 0 Å². The Labute approximate surface area is 116 Å². The molecule has 2 heteroatoms. The Balaban J connectivity index is 0. The zero-order valence-corrected chi connectivity index (χ0v) is 14.4. The van der Waals surface area contributed by atoms with E-state index in [-0.39, 0.29) is 25.8 Å². The van der Waals surface area contributed by atoms with Gasteiger partial charge in [0.25, 0.3) is 0 Å². The lowest BCUT2D eigenvalue weighted by molar-refractivity contribution is 0.562. The van der Waals surface area contributed by atoms with Gasteiger partial charge in [-0.1, -0.05) is 90.3 Å². The molecule has 0 heterocycles. The van der Waals surface area contributed by atoms with E-state index in [1.807, 2.05) is 0 Å². The van der Waals surface area contributed by atoms with Crippen LogP contribution in [0.25, 0.3) is 0 Å². The average Bonchev–Trinajstić information content (AvgIpc) is 2.20. The Morgan fingerprint density at radius 1 is 0.625 bits per heavy atom. The van der Waals surface area contributed by atoms with Crippen molar-refractivity contribution in [2.24, 2.45) is 0 Å². The van der Waals surface area contributed by atoms with E-state index in [1.54, 1.807) is 0 Å². The van der Waals surface area contributed by atoms with Gasteiger partial charge in [0, 0.05) is 8.80 Å². The molecule has 16 heavy (non-hydrogen) atoms. The zero-order chi connectivity index (χ0) is 11.4. The van der Waals surface area contributed by atoms with E-state index in [0.717, 1.165) is 0 Å². The topological polar surface area (TPSA) is 0 Å². The largest absolute Gasteiger partial charge is 0.114 e. The fourth-order valence-corrected chi connectivity index (χ4v) is 2.92. The van der Waals surface area contributed by atoms with E-state index in [1.165, 1.54) is 70.3 Å². The van der Waals surface area contributed by atoms with Crippen LogP contribution in [-0.4, -0.2) is 8.80 Å². The smallest absolute Gasteiger partial charge is 0.0412 e. The number of hydrogen-bond acceptors (Lipinski definition) is 0. The summed E-state index contributed by atoms with van der Waals surface area (Å²) >= 11 is 0. The molecule has 0 fully saturated rings. The van der Waals surface area contributed by atoms with Crippen molar-refractivity contribution in [1.82, 2.24) is 0 Å². The fraction of sp³-hybridized carbons (Fsp3) is 1.00. The van der Waals surface area contributed by atoms with Crippen LogP contribution in [0.3, 0.4) is 0 Å². The van der Waals surface area contributed by atoms with Gasteiger partial charge in [0.15, 0.2) is 0 Å². The van der Waals surface area contributed by atoms with Crippen LogP contribution < -0.4 is 0 Å². The quantitative estimate of drug-likeness (QED) is 0.313. The molecule has 0 spiro atoms. The molecule has 0 saturated heterocycles. The van der Waals surface area contributed by atoms with Crippen LogP contribution in [0.5, 0.6) is 0 Å². The SMILES string of the molecule is Br.CCCCCCCCCCCC[Si](C)C. The van der Waals surface area contributed by atoms with Crippen molar-refractivity contribution in [2.45, 2.75) is 90.3 Å². The highest BCUT2D eigenvalue weighted by Crippen LogP contribution is 2.11. The second-order valence-electron chi connectivity index (χ2n) is 5.14. The minimum absolute atomic E-state index is 0. The van der Waals surface area contributed by atoms with E-state index in [0.29, 0.717) is 0 Å². The molecular formula is C14H32BrSi. The van der Waals surface area contributed by atoms with Crippen molar-refractivity contribution in [3.05, 3.63) is 0 Å². The second kappa shape index (κ2) is 15.7. The first-order valence-corrected chi connectivity index (χ1v) is 9.77. The predicted molar refractivity (Wildman–Crippen MR) is 84.5 cm³/mol. The minimum Gasteiger partial charge on any atom is -0.114 e. The summed E-state index contributed by atoms with van der Waals surface area (Å²) in [5, 5.41) is 0. The van der Waals surface area contributed by atoms with Gasteiger partial charge in [-0.25, -0.2) is 0 Å². The number of unbranched alkanes of at least 4 members (excludes halogenated alkanes) is 9. The molecule has 0 nitrogen and oxygen atoms in total. The first-order chi connectivity index (χ1) is 7.27. The molecule has 0 aliphatic rings. The van der Waals surface area contributed by atoms with Crippen LogP contribution in [0.1, 0.15) is 71.1 Å². The van der Waals surface area contributed by atoms with Crippen LogP contribution in [0.15, 0.2) is 0 Å². The molecule has 1 radical (unpaired) electrons. The highest BCUT2D eigenvalue weighted by molar-refractivity contribution is 8.93. The fourth-order valence-electron chi connectivity index (χ4n) is 1.97. The predicted octanol–water partition coefficient (Wildman–Crippen LogP) is 6.24. The maximum absolute atomic E-state index is 2.43. The maximum atomic E-state index is 2.43. The summed E-state index contributed by atoms with van der Waals surface area (Å²) in [6.45, 7) is 7.15. The zero-order valence-electron chi connectivity index (χ0n) is 11.7. The Bertz CT molecular complexity index is 115. The van der Waals surface area contributed by atoms with Crippen molar-refractivity contribution < 1.29 is 0 Å². The maximum Gasteiger partial charge on any atom is 0.0412 e. The van der Waals surface area contributed by atoms with Crippen LogP contribution in [0, 0.1) is 0 Å². The summed E-state index contributed by atoms with van der Waals surface area (Å²) < 4.78 is 0. The lowest BCUT2D eigenvalue weighted by Crippen LogP contribution is -1.97. The highest BCUT2D eigenvalue weighted by atomic mass is 79.9. The molecule has 0 aromatic rings. The summed E-state index contributed by atoms with van der Waals surface area (Å²) in [6, 6.07) is 1.53. The minimum atomic E-state index is 0. The Kier molecular flexibility index (Phi) is 18.7. The summed E-state index contributed by atoms with van der Waals surface area (Å²) in [6.07, 6.45) is 14.7. The van der Waals surface area contributed by atoms with E-state index < -0.39 is 0 Å². The average molecular weight is 308 g/mol. The van der Waals surface area contributed by atoms with Gasteiger partial charge in [0.1, 0.15) is 0 Å². The molecule has 0 aromatic heterocycles. The Morgan fingerprint density at radius 3 is 1.38 bits per heavy atom. The van der Waals surface area contributed by atoms with Gasteiger partial charge < -0.3 is 0 Å². The van der Waals surface area contributed by atoms with Gasteiger partial charge >= 0.3 is 0 Å². The molecular weight excluding hydrogens is 276 g/mol. The van der Waals surface area contributed by atoms with Gasteiger partial charge in [0.05, 0.1) is 0 Å². The van der Waals surface area contributed by atoms with Gasteiger partial charge in [-0.2, -0.15) is 0 Å². The molecule has 0 amide bonds. The molecule has 0 bridgehead atoms. The van der Waals surface area contributed by atoms with Crippen LogP contribution >= 0.6 is 17.0 Å². The summed E-state index contributed by atoms with van der Waals surface area (Å²) in [5.41, 5.74) is 0. The number of halogens is 1. The molecule has 0 atom stereocenters. The Hall–Kier alpha value is 0.697. The first kappa shape index (κ1) is 19.0. The van der Waals surface area contributed by atoms with Crippen molar-refractivity contribution in [2.75, 3.05) is 0 Å². The molecule has 0 unspecified atom stereocenters. The third-order valence-electron chi connectivity index (χ3n) is 3.03. The molecule has 0 saturated carbocycles. The summed E-state index contributed by atoms with van der Waals surface area (Å²) in [5.74, 6) is 0. The van der Waals surface area contributed by atoms with E-state index in [2.05, 4.69) is 20.0 Å². The van der Waals surface area contributed by atoms with Gasteiger partial charge in [-0.05, 0) is 0 Å². The molecule has 0 aliphatic heterocycles. The van der Waals surface area contributed by atoms with Crippen molar-refractivity contribution in [1.29, 1.82) is 0 Å². The third kappa shape index (κ3) is 17.1. The molecule has 99 valence electrons. The third-order valence-corrected chi connectivity index (χ3v) is 4.38. The van der Waals surface area contributed by atoms with E-state index >= 15 is 0 Å². The van der Waals surface area contributed by atoms with E-state index in [9.17, 15) is 0 Å². The van der Waals surface area contributed by atoms with Crippen LogP contribution in [-0.2, 0) is 0 Å². The van der Waals surface area contributed by atoms with Crippen LogP contribution in [0.4, 0.5) is 0 Å². The van der Waals surface area contributed by atoms with Crippen molar-refractivity contribution >= 4 is 25.8 Å². The first-order valence-electron chi connectivity index (χ1n) is 7.06. The van der Waals surface area contributed by atoms with Gasteiger partial charge in [-0.15, -0.1) is 17.0 Å². The monoisotopic (exact) mass is 307 g/mol. The number of rotatable bonds is 11. The Morgan fingerprint density at radius 2 is 1.00 bits per heavy atom. The second-order valence-corrected chi connectivity index (χ2v) is 8.05. The summed E-state index contributed by atoms with van der Waals surface area (Å²) in [4.78, 5) is 0. The van der Waals surface area contributed by atoms with Crippen LogP contribution in [0.2, 0.25) is 19.1 Å². The number of hydrogen-bond donors (Lipinski definition) is 0. The van der Waals surface area contributed by atoms with E-state index in [4.69, 9.17) is 0 Å². The lowest BCUT2D eigenvalue weighted by atomic mass is 10.1.